The van der Waals surface area contributed by atoms with E-state index in [-0.39, 0.29) is 52.9 Å². The third-order valence-corrected chi connectivity index (χ3v) is 4.64. The largest absolute Gasteiger partial charge is 0.507 e. The molecule has 0 bridgehead atoms. The third kappa shape index (κ3) is 3.53. The fraction of sp³-hybridized carbons (Fsp3) is 0.300. The lowest BCUT2D eigenvalue weighted by molar-refractivity contribution is -0.384. The molecule has 0 radical (unpaired) electrons. The molecule has 0 aromatic heterocycles. The Balaban J connectivity index is 1.84. The van der Waals surface area contributed by atoms with Crippen molar-refractivity contribution in [2.75, 3.05) is 6.61 Å². The number of nitro benzene ring substituents is 1. The van der Waals surface area contributed by atoms with E-state index in [0.717, 1.165) is 0 Å². The Kier molecular flexibility index (Phi) is 4.80. The van der Waals surface area contributed by atoms with E-state index in [1.165, 1.54) is 37.3 Å². The maximum absolute atomic E-state index is 12.7. The monoisotopic (exact) mass is 385 g/mol. The second-order valence-electron chi connectivity index (χ2n) is 7.02. The predicted octanol–water partition coefficient (Wildman–Crippen LogP) is 3.61. The van der Waals surface area contributed by atoms with E-state index in [2.05, 4.69) is 0 Å². The van der Waals surface area contributed by atoms with Gasteiger partial charge in [0.15, 0.2) is 11.6 Å². The van der Waals surface area contributed by atoms with Crippen molar-refractivity contribution in [3.8, 4) is 17.2 Å². The van der Waals surface area contributed by atoms with E-state index in [9.17, 15) is 24.8 Å². The average molecular weight is 385 g/mol. The first-order valence-corrected chi connectivity index (χ1v) is 8.58. The smallest absolute Gasteiger partial charge is 0.269 e. The number of carbonyl (C=O) groups excluding carboxylic acids is 2. The van der Waals surface area contributed by atoms with Crippen molar-refractivity contribution in [2.45, 2.75) is 32.8 Å². The first-order valence-electron chi connectivity index (χ1n) is 8.58. The number of phenolic OH excluding ortho intramolecular Hbond substituents is 1. The first-order chi connectivity index (χ1) is 13.1. The van der Waals surface area contributed by atoms with Crippen molar-refractivity contribution in [1.82, 2.24) is 0 Å². The molecule has 1 aliphatic rings. The van der Waals surface area contributed by atoms with Gasteiger partial charge in [-0.1, -0.05) is 0 Å². The Morgan fingerprint density at radius 1 is 1.36 bits per heavy atom. The molecule has 0 fully saturated rings. The Morgan fingerprint density at radius 3 is 2.57 bits per heavy atom. The second-order valence-corrected chi connectivity index (χ2v) is 7.02. The van der Waals surface area contributed by atoms with E-state index in [1.807, 2.05) is 0 Å². The van der Waals surface area contributed by atoms with Crippen molar-refractivity contribution < 1.29 is 29.1 Å². The Morgan fingerprint density at radius 2 is 2.00 bits per heavy atom. The number of Topliss-reactive ketones (excluding diaryl/α,β-unsaturated/α-hetero) is 2. The molecule has 1 heterocycles. The van der Waals surface area contributed by atoms with Crippen LogP contribution in [0.5, 0.6) is 17.2 Å². The molecule has 2 aromatic rings. The summed E-state index contributed by atoms with van der Waals surface area (Å²) in [6, 6.07) is 6.95. The number of rotatable bonds is 5. The fourth-order valence-electron chi connectivity index (χ4n) is 3.09. The quantitative estimate of drug-likeness (QED) is 0.475. The lowest BCUT2D eigenvalue weighted by Gasteiger charge is -2.35. The van der Waals surface area contributed by atoms with Gasteiger partial charge in [0.2, 0.25) is 0 Å². The zero-order valence-electron chi connectivity index (χ0n) is 15.6. The van der Waals surface area contributed by atoms with Gasteiger partial charge in [-0.2, -0.15) is 0 Å². The Bertz CT molecular complexity index is 981. The van der Waals surface area contributed by atoms with Crippen LogP contribution in [0.15, 0.2) is 30.3 Å². The molecule has 0 aliphatic carbocycles. The van der Waals surface area contributed by atoms with Gasteiger partial charge in [0.25, 0.3) is 5.69 Å². The molecule has 146 valence electrons. The highest BCUT2D eigenvalue weighted by Gasteiger charge is 2.39. The number of phenols is 1. The van der Waals surface area contributed by atoms with Crippen LogP contribution in [-0.4, -0.2) is 33.8 Å². The van der Waals surface area contributed by atoms with Gasteiger partial charge in [-0.15, -0.1) is 0 Å². The number of nitrogens with zero attached hydrogens (tertiary/aromatic N) is 1. The second kappa shape index (κ2) is 6.95. The van der Waals surface area contributed by atoms with Crippen molar-refractivity contribution in [2.24, 2.45) is 0 Å². The lowest BCUT2D eigenvalue weighted by atomic mass is 9.88. The molecule has 0 saturated heterocycles. The molecule has 0 spiro atoms. The normalized spacial score (nSPS) is 18.2. The van der Waals surface area contributed by atoms with Gasteiger partial charge in [-0.25, -0.2) is 0 Å². The minimum atomic E-state index is -0.999. The molecule has 1 unspecified atom stereocenters. The zero-order valence-corrected chi connectivity index (χ0v) is 15.6. The van der Waals surface area contributed by atoms with Crippen LogP contribution in [0.1, 0.15) is 46.5 Å². The van der Waals surface area contributed by atoms with Crippen molar-refractivity contribution >= 4 is 17.3 Å². The number of carbonyl (C=O) groups is 2. The van der Waals surface area contributed by atoms with E-state index >= 15 is 0 Å². The Labute approximate surface area is 160 Å². The van der Waals surface area contributed by atoms with Gasteiger partial charge in [-0.05, 0) is 39.0 Å². The van der Waals surface area contributed by atoms with Crippen molar-refractivity contribution in [3.63, 3.8) is 0 Å². The molecule has 1 atom stereocenters. The number of benzene rings is 2. The minimum Gasteiger partial charge on any atom is -0.507 e. The maximum atomic E-state index is 12.7. The standard InChI is InChI=1S/C20H19NO7/c1-11-18(24)15(12(2)22)8-16-17(23)9-20(3,28-19(11)16)10-27-14-6-4-13(5-7-14)21(25)26/h4-8,24H,9-10H2,1-3H3. The summed E-state index contributed by atoms with van der Waals surface area (Å²) in [5, 5.41) is 21.0. The van der Waals surface area contributed by atoms with Gasteiger partial charge in [0.05, 0.1) is 22.5 Å². The number of aromatic hydroxyl groups is 1. The zero-order chi connectivity index (χ0) is 20.6. The van der Waals surface area contributed by atoms with Crippen molar-refractivity contribution in [1.29, 1.82) is 0 Å². The summed E-state index contributed by atoms with van der Waals surface area (Å²) in [6.07, 6.45) is 0.0224. The van der Waals surface area contributed by atoms with Crippen LogP contribution < -0.4 is 9.47 Å². The van der Waals surface area contributed by atoms with Crippen LogP contribution >= 0.6 is 0 Å². The Hall–Kier alpha value is -3.42. The molecule has 0 amide bonds. The fourth-order valence-corrected chi connectivity index (χ4v) is 3.09. The van der Waals surface area contributed by atoms with Crippen molar-refractivity contribution in [3.05, 3.63) is 57.1 Å². The number of non-ortho nitro benzene ring substituents is 1. The summed E-state index contributed by atoms with van der Waals surface area (Å²) in [5.74, 6) is -0.138. The highest BCUT2D eigenvalue weighted by molar-refractivity contribution is 6.05. The molecule has 1 N–H and O–H groups in total. The molecule has 1 aliphatic heterocycles. The van der Waals surface area contributed by atoms with Gasteiger partial charge in [0, 0.05) is 17.7 Å². The van der Waals surface area contributed by atoms with E-state index < -0.39 is 10.5 Å². The van der Waals surface area contributed by atoms with Gasteiger partial charge < -0.3 is 14.6 Å². The average Bonchev–Trinajstić information content (AvgIpc) is 2.63. The highest BCUT2D eigenvalue weighted by atomic mass is 16.6. The third-order valence-electron chi connectivity index (χ3n) is 4.64. The van der Waals surface area contributed by atoms with Gasteiger partial charge in [-0.3, -0.25) is 19.7 Å². The molecule has 2 aromatic carbocycles. The van der Waals surface area contributed by atoms with E-state index in [0.29, 0.717) is 11.3 Å². The summed E-state index contributed by atoms with van der Waals surface area (Å²) in [7, 11) is 0. The van der Waals surface area contributed by atoms with Crippen LogP contribution in [0.4, 0.5) is 5.69 Å². The molecule has 8 nitrogen and oxygen atoms in total. The summed E-state index contributed by atoms with van der Waals surface area (Å²) in [4.78, 5) is 34.6. The lowest BCUT2D eigenvalue weighted by Crippen LogP contribution is -2.44. The van der Waals surface area contributed by atoms with Gasteiger partial charge in [0.1, 0.15) is 29.5 Å². The van der Waals surface area contributed by atoms with E-state index in [1.54, 1.807) is 13.8 Å². The number of fused-ring (bicyclic) bond motifs is 1. The topological polar surface area (TPSA) is 116 Å². The SMILES string of the molecule is CC(=O)c1cc2c(c(C)c1O)OC(C)(COc1ccc([N+](=O)[O-])cc1)CC2=O. The molecular weight excluding hydrogens is 366 g/mol. The molecular formula is C20H19NO7. The summed E-state index contributed by atoms with van der Waals surface area (Å²) < 4.78 is 11.7. The predicted molar refractivity (Wildman–Crippen MR) is 99.4 cm³/mol. The molecule has 28 heavy (non-hydrogen) atoms. The summed E-state index contributed by atoms with van der Waals surface area (Å²) in [5.41, 5.74) is -0.394. The van der Waals surface area contributed by atoms with Crippen LogP contribution in [-0.2, 0) is 0 Å². The number of nitro groups is 1. The number of hydrogen-bond acceptors (Lipinski definition) is 7. The van der Waals surface area contributed by atoms with E-state index in [4.69, 9.17) is 9.47 Å². The molecule has 0 saturated carbocycles. The number of ketones is 2. The van der Waals surface area contributed by atoms with Crippen LogP contribution in [0.25, 0.3) is 0 Å². The summed E-state index contributed by atoms with van der Waals surface area (Å²) >= 11 is 0. The van der Waals surface area contributed by atoms with Crippen LogP contribution in [0, 0.1) is 17.0 Å². The molecule has 8 heteroatoms. The summed E-state index contributed by atoms with van der Waals surface area (Å²) in [6.45, 7) is 4.62. The maximum Gasteiger partial charge on any atom is 0.269 e. The van der Waals surface area contributed by atoms with Crippen LogP contribution in [0.2, 0.25) is 0 Å². The number of hydrogen-bond donors (Lipinski definition) is 1. The molecule has 3 rings (SSSR count). The number of ether oxygens (including phenoxy) is 2. The highest BCUT2D eigenvalue weighted by Crippen LogP contribution is 2.41. The first kappa shape index (κ1) is 19.3. The van der Waals surface area contributed by atoms with Crippen LogP contribution in [0.3, 0.4) is 0 Å². The minimum absolute atomic E-state index is 0.0185. The van der Waals surface area contributed by atoms with Gasteiger partial charge >= 0.3 is 0 Å².